The van der Waals surface area contributed by atoms with Crippen LogP contribution in [0.5, 0.6) is 0 Å². The van der Waals surface area contributed by atoms with Crippen LogP contribution in [0.3, 0.4) is 0 Å². The summed E-state index contributed by atoms with van der Waals surface area (Å²) >= 11 is 0. The van der Waals surface area contributed by atoms with Gasteiger partial charge in [0.1, 0.15) is 5.82 Å². The summed E-state index contributed by atoms with van der Waals surface area (Å²) in [6.45, 7) is 5.01. The van der Waals surface area contributed by atoms with Crippen LogP contribution in [0.1, 0.15) is 57.1 Å². The van der Waals surface area contributed by atoms with E-state index >= 15 is 0 Å². The molecule has 1 rings (SSSR count). The molecule has 0 aliphatic rings. The van der Waals surface area contributed by atoms with Crippen molar-refractivity contribution in [2.45, 2.75) is 65.2 Å². The zero-order valence-electron chi connectivity index (χ0n) is 12.1. The molecule has 0 aliphatic heterocycles. The molecule has 0 amide bonds. The summed E-state index contributed by atoms with van der Waals surface area (Å²) in [6, 6.07) is 4.97. The molecule has 0 spiro atoms. The number of hydrogen-bond donors (Lipinski definition) is 1. The fraction of sp³-hybridized carbons (Fsp3) is 0.625. The summed E-state index contributed by atoms with van der Waals surface area (Å²) in [5.41, 5.74) is 7.10. The fourth-order valence-electron chi connectivity index (χ4n) is 2.04. The molecule has 0 saturated heterocycles. The van der Waals surface area contributed by atoms with Crippen LogP contribution in [-0.2, 0) is 17.9 Å². The van der Waals surface area contributed by atoms with Gasteiger partial charge in [-0.1, -0.05) is 38.7 Å². The second-order valence-corrected chi connectivity index (χ2v) is 5.10. The van der Waals surface area contributed by atoms with E-state index in [1.807, 2.05) is 0 Å². The van der Waals surface area contributed by atoms with Gasteiger partial charge in [0.2, 0.25) is 0 Å². The van der Waals surface area contributed by atoms with E-state index in [2.05, 4.69) is 13.8 Å². The van der Waals surface area contributed by atoms with Gasteiger partial charge in [-0.25, -0.2) is 4.39 Å². The van der Waals surface area contributed by atoms with Gasteiger partial charge in [0.15, 0.2) is 0 Å². The van der Waals surface area contributed by atoms with Crippen molar-refractivity contribution in [3.8, 4) is 0 Å². The Morgan fingerprint density at radius 1 is 1.26 bits per heavy atom. The molecule has 1 aromatic rings. The Kier molecular flexibility index (Phi) is 7.68. The highest BCUT2D eigenvalue weighted by Gasteiger charge is 2.07. The summed E-state index contributed by atoms with van der Waals surface area (Å²) in [7, 11) is 0. The van der Waals surface area contributed by atoms with E-state index in [0.717, 1.165) is 12.0 Å². The third-order valence-electron chi connectivity index (χ3n) is 3.33. The first kappa shape index (κ1) is 16.1. The summed E-state index contributed by atoms with van der Waals surface area (Å²) in [5.74, 6) is -0.213. The van der Waals surface area contributed by atoms with Crippen LogP contribution in [0, 0.1) is 5.82 Å². The second kappa shape index (κ2) is 9.05. The molecule has 0 aromatic heterocycles. The first-order chi connectivity index (χ1) is 9.17. The van der Waals surface area contributed by atoms with Crippen molar-refractivity contribution in [2.75, 3.05) is 0 Å². The predicted molar refractivity (Wildman–Crippen MR) is 77.3 cm³/mol. The van der Waals surface area contributed by atoms with E-state index in [-0.39, 0.29) is 11.9 Å². The van der Waals surface area contributed by atoms with Crippen LogP contribution >= 0.6 is 0 Å². The number of halogens is 1. The van der Waals surface area contributed by atoms with Crippen molar-refractivity contribution in [3.63, 3.8) is 0 Å². The van der Waals surface area contributed by atoms with Gasteiger partial charge in [-0.15, -0.1) is 0 Å². The highest BCUT2D eigenvalue weighted by Crippen LogP contribution is 2.14. The number of unbranched alkanes of at least 4 members (excludes halogenated alkanes) is 3. The Morgan fingerprint density at radius 2 is 2.05 bits per heavy atom. The number of benzene rings is 1. The van der Waals surface area contributed by atoms with Crippen molar-refractivity contribution in [1.29, 1.82) is 0 Å². The van der Waals surface area contributed by atoms with Gasteiger partial charge >= 0.3 is 0 Å². The quantitative estimate of drug-likeness (QED) is 0.682. The third-order valence-corrected chi connectivity index (χ3v) is 3.33. The smallest absolute Gasteiger partial charge is 0.128 e. The van der Waals surface area contributed by atoms with E-state index < -0.39 is 0 Å². The lowest BCUT2D eigenvalue weighted by molar-refractivity contribution is 0.0443. The lowest BCUT2D eigenvalue weighted by atomic mass is 10.1. The van der Waals surface area contributed by atoms with E-state index in [4.69, 9.17) is 10.5 Å². The normalized spacial score (nSPS) is 12.6. The first-order valence-corrected chi connectivity index (χ1v) is 7.26. The Bertz CT molecular complexity index is 368. The van der Waals surface area contributed by atoms with Gasteiger partial charge in [0, 0.05) is 12.1 Å². The van der Waals surface area contributed by atoms with Crippen molar-refractivity contribution in [2.24, 2.45) is 5.73 Å². The lowest BCUT2D eigenvalue weighted by Gasteiger charge is -2.14. The highest BCUT2D eigenvalue weighted by molar-refractivity contribution is 5.24. The molecule has 1 unspecified atom stereocenters. The maximum atomic E-state index is 13.6. The largest absolute Gasteiger partial charge is 0.374 e. The van der Waals surface area contributed by atoms with E-state index in [9.17, 15) is 4.39 Å². The minimum absolute atomic E-state index is 0.179. The lowest BCUT2D eigenvalue weighted by Crippen LogP contribution is -2.09. The average Bonchev–Trinajstić information content (AvgIpc) is 2.43. The molecule has 19 heavy (non-hydrogen) atoms. The number of ether oxygens (including phenoxy) is 1. The number of nitrogens with two attached hydrogens (primary N) is 1. The standard InChI is InChI=1S/C16H26FNO/c1-3-4-5-6-7-13(2)19-12-15-10-14(11-18)8-9-16(15)17/h8-10,13H,3-7,11-12,18H2,1-2H3. The summed E-state index contributed by atoms with van der Waals surface area (Å²) in [6.07, 6.45) is 6.17. The molecule has 0 heterocycles. The van der Waals surface area contributed by atoms with E-state index in [0.29, 0.717) is 18.7 Å². The summed E-state index contributed by atoms with van der Waals surface area (Å²) in [4.78, 5) is 0. The summed E-state index contributed by atoms with van der Waals surface area (Å²) < 4.78 is 19.3. The molecule has 0 fully saturated rings. The van der Waals surface area contributed by atoms with Gasteiger partial charge in [-0.3, -0.25) is 0 Å². The molecule has 3 heteroatoms. The molecule has 0 saturated carbocycles. The van der Waals surface area contributed by atoms with Crippen LogP contribution in [0.25, 0.3) is 0 Å². The molecule has 1 atom stereocenters. The van der Waals surface area contributed by atoms with Gasteiger partial charge < -0.3 is 10.5 Å². The molecule has 2 N–H and O–H groups in total. The average molecular weight is 267 g/mol. The minimum Gasteiger partial charge on any atom is -0.374 e. The topological polar surface area (TPSA) is 35.2 Å². The molecule has 0 radical (unpaired) electrons. The maximum Gasteiger partial charge on any atom is 0.128 e. The van der Waals surface area contributed by atoms with Gasteiger partial charge in [0.25, 0.3) is 0 Å². The Morgan fingerprint density at radius 3 is 2.74 bits per heavy atom. The number of hydrogen-bond acceptors (Lipinski definition) is 2. The predicted octanol–water partition coefficient (Wildman–Crippen LogP) is 4.16. The van der Waals surface area contributed by atoms with Crippen LogP contribution in [-0.4, -0.2) is 6.10 Å². The molecular weight excluding hydrogens is 241 g/mol. The SMILES string of the molecule is CCCCCCC(C)OCc1cc(CN)ccc1F. The fourth-order valence-corrected chi connectivity index (χ4v) is 2.04. The first-order valence-electron chi connectivity index (χ1n) is 7.26. The molecule has 2 nitrogen and oxygen atoms in total. The summed E-state index contributed by atoms with van der Waals surface area (Å²) in [5, 5.41) is 0. The van der Waals surface area contributed by atoms with Crippen molar-refractivity contribution >= 4 is 0 Å². The Balaban J connectivity index is 2.34. The van der Waals surface area contributed by atoms with Crippen LogP contribution in [0.4, 0.5) is 4.39 Å². The molecule has 108 valence electrons. The molecule has 0 bridgehead atoms. The Labute approximate surface area is 116 Å². The van der Waals surface area contributed by atoms with Gasteiger partial charge in [-0.2, -0.15) is 0 Å². The van der Waals surface area contributed by atoms with E-state index in [1.165, 1.54) is 31.7 Å². The zero-order chi connectivity index (χ0) is 14.1. The molecular formula is C16H26FNO. The van der Waals surface area contributed by atoms with Gasteiger partial charge in [-0.05, 0) is 31.0 Å². The van der Waals surface area contributed by atoms with Crippen molar-refractivity contribution < 1.29 is 9.13 Å². The highest BCUT2D eigenvalue weighted by atomic mass is 19.1. The van der Waals surface area contributed by atoms with Crippen LogP contribution in [0.15, 0.2) is 18.2 Å². The Hall–Kier alpha value is -0.930. The van der Waals surface area contributed by atoms with Crippen LogP contribution in [0.2, 0.25) is 0 Å². The zero-order valence-corrected chi connectivity index (χ0v) is 12.1. The second-order valence-electron chi connectivity index (χ2n) is 5.10. The molecule has 1 aromatic carbocycles. The van der Waals surface area contributed by atoms with Crippen LogP contribution < -0.4 is 5.73 Å². The van der Waals surface area contributed by atoms with Gasteiger partial charge in [0.05, 0.1) is 12.7 Å². The monoisotopic (exact) mass is 267 g/mol. The third kappa shape index (κ3) is 6.17. The number of rotatable bonds is 9. The van der Waals surface area contributed by atoms with Crippen molar-refractivity contribution in [1.82, 2.24) is 0 Å². The van der Waals surface area contributed by atoms with E-state index in [1.54, 1.807) is 12.1 Å². The maximum absolute atomic E-state index is 13.6. The van der Waals surface area contributed by atoms with Crippen molar-refractivity contribution in [3.05, 3.63) is 35.1 Å². The minimum atomic E-state index is -0.213. The molecule has 0 aliphatic carbocycles.